The molecule has 4 heteroatoms. The van der Waals surface area contributed by atoms with Gasteiger partial charge in [0.2, 0.25) is 0 Å². The Kier molecular flexibility index (Phi) is 5.48. The lowest BCUT2D eigenvalue weighted by Gasteiger charge is -2.27. The Morgan fingerprint density at radius 1 is 1.47 bits per heavy atom. The van der Waals surface area contributed by atoms with Crippen LogP contribution in [0.15, 0.2) is 18.3 Å². The number of hydrogen-bond acceptors (Lipinski definition) is 4. The highest BCUT2D eigenvalue weighted by molar-refractivity contribution is 5.90. The summed E-state index contributed by atoms with van der Waals surface area (Å²) < 4.78 is 4.75. The van der Waals surface area contributed by atoms with E-state index in [0.29, 0.717) is 18.0 Å². The lowest BCUT2D eigenvalue weighted by atomic mass is 9.82. The van der Waals surface area contributed by atoms with Gasteiger partial charge >= 0.3 is 5.97 Å². The van der Waals surface area contributed by atoms with Crippen LogP contribution in [0.3, 0.4) is 0 Å². The molecule has 4 nitrogen and oxygen atoms in total. The van der Waals surface area contributed by atoms with E-state index >= 15 is 0 Å². The van der Waals surface area contributed by atoms with Crippen LogP contribution in [0.25, 0.3) is 0 Å². The van der Waals surface area contributed by atoms with E-state index in [1.54, 1.807) is 18.3 Å². The van der Waals surface area contributed by atoms with E-state index in [1.807, 2.05) is 0 Å². The van der Waals surface area contributed by atoms with Gasteiger partial charge in [-0.05, 0) is 30.0 Å². The Labute approximate surface area is 115 Å². The van der Waals surface area contributed by atoms with Crippen molar-refractivity contribution in [2.45, 2.75) is 34.2 Å². The zero-order valence-electron chi connectivity index (χ0n) is 12.5. The number of nitrogens with one attached hydrogen (secondary N) is 1. The Balaban J connectivity index is 2.61. The number of pyridine rings is 1. The summed E-state index contributed by atoms with van der Waals surface area (Å²) in [6.07, 6.45) is 1.69. The summed E-state index contributed by atoms with van der Waals surface area (Å²) in [5.41, 5.74) is 1.53. The lowest BCUT2D eigenvalue weighted by molar-refractivity contribution is 0.0598. The van der Waals surface area contributed by atoms with Crippen LogP contribution in [0.2, 0.25) is 0 Å². The van der Waals surface area contributed by atoms with Crippen LogP contribution in [-0.4, -0.2) is 24.6 Å². The summed E-state index contributed by atoms with van der Waals surface area (Å²) in [5, 5.41) is 3.36. The van der Waals surface area contributed by atoms with Crippen molar-refractivity contribution in [1.82, 2.24) is 10.3 Å². The van der Waals surface area contributed by atoms with E-state index in [4.69, 9.17) is 4.74 Å². The molecule has 0 saturated heterocycles. The van der Waals surface area contributed by atoms with Crippen LogP contribution in [0.4, 0.5) is 0 Å². The summed E-state index contributed by atoms with van der Waals surface area (Å²) in [6.45, 7) is 10.3. The van der Waals surface area contributed by atoms with Gasteiger partial charge in [0.25, 0.3) is 0 Å². The maximum absolute atomic E-state index is 11.6. The van der Waals surface area contributed by atoms with Gasteiger partial charge in [-0.15, -0.1) is 0 Å². The normalized spacial score (nSPS) is 13.1. The minimum absolute atomic E-state index is 0.266. The molecule has 0 radical (unpaired) electrons. The summed E-state index contributed by atoms with van der Waals surface area (Å²) >= 11 is 0. The van der Waals surface area contributed by atoms with E-state index in [2.05, 4.69) is 38.0 Å². The predicted octanol–water partition coefficient (Wildman–Crippen LogP) is 2.64. The van der Waals surface area contributed by atoms with Gasteiger partial charge in [0.1, 0.15) is 0 Å². The largest absolute Gasteiger partial charge is 0.465 e. The third-order valence-corrected chi connectivity index (χ3v) is 3.52. The molecule has 1 unspecified atom stereocenters. The van der Waals surface area contributed by atoms with E-state index in [0.717, 1.165) is 12.2 Å². The molecule has 0 bridgehead atoms. The van der Waals surface area contributed by atoms with Gasteiger partial charge in [-0.2, -0.15) is 0 Å². The number of esters is 1. The smallest absolute Gasteiger partial charge is 0.339 e. The maximum Gasteiger partial charge on any atom is 0.339 e. The van der Waals surface area contributed by atoms with Crippen LogP contribution >= 0.6 is 0 Å². The van der Waals surface area contributed by atoms with Crippen LogP contribution < -0.4 is 5.32 Å². The fourth-order valence-electron chi connectivity index (χ4n) is 1.59. The predicted molar refractivity (Wildman–Crippen MR) is 75.9 cm³/mol. The number of ether oxygens (including phenoxy) is 1. The molecule has 0 aliphatic heterocycles. The molecule has 0 fully saturated rings. The second-order valence-corrected chi connectivity index (χ2v) is 5.89. The molecule has 1 aromatic heterocycles. The van der Waals surface area contributed by atoms with Crippen molar-refractivity contribution < 1.29 is 9.53 Å². The van der Waals surface area contributed by atoms with Crippen molar-refractivity contribution in [3.63, 3.8) is 0 Å². The Hall–Kier alpha value is -1.42. The highest BCUT2D eigenvalue weighted by atomic mass is 16.5. The summed E-state index contributed by atoms with van der Waals surface area (Å²) in [5.74, 6) is 0.201. The van der Waals surface area contributed by atoms with Gasteiger partial charge in [0.05, 0.1) is 18.4 Å². The minimum atomic E-state index is -0.339. The van der Waals surface area contributed by atoms with Crippen molar-refractivity contribution >= 4 is 5.97 Å². The number of rotatable bonds is 5. The van der Waals surface area contributed by atoms with E-state index in [9.17, 15) is 4.79 Å². The van der Waals surface area contributed by atoms with Crippen LogP contribution in [-0.2, 0) is 11.3 Å². The standard InChI is InChI=1S/C15H24N2O2/c1-11(15(2,3)4)9-16-10-13-12(14(18)19-5)7-6-8-17-13/h6-8,11,16H,9-10H2,1-5H3. The molecule has 0 amide bonds. The second kappa shape index (κ2) is 6.66. The molecular formula is C15H24N2O2. The molecule has 1 atom stereocenters. The van der Waals surface area contributed by atoms with Gasteiger partial charge in [-0.25, -0.2) is 4.79 Å². The molecule has 106 valence electrons. The second-order valence-electron chi connectivity index (χ2n) is 5.89. The fourth-order valence-corrected chi connectivity index (χ4v) is 1.59. The molecule has 0 aliphatic carbocycles. The Bertz CT molecular complexity index is 424. The summed E-state index contributed by atoms with van der Waals surface area (Å²) in [6, 6.07) is 3.48. The Morgan fingerprint density at radius 2 is 2.16 bits per heavy atom. The highest BCUT2D eigenvalue weighted by Gasteiger charge is 2.19. The van der Waals surface area contributed by atoms with Gasteiger partial charge < -0.3 is 10.1 Å². The maximum atomic E-state index is 11.6. The Morgan fingerprint density at radius 3 is 2.74 bits per heavy atom. The summed E-state index contributed by atoms with van der Waals surface area (Å²) in [4.78, 5) is 15.8. The molecule has 0 saturated carbocycles. The molecular weight excluding hydrogens is 240 g/mol. The molecule has 1 aromatic rings. The molecule has 1 N–H and O–H groups in total. The average Bonchev–Trinajstić information content (AvgIpc) is 2.37. The first kappa shape index (κ1) is 15.6. The average molecular weight is 264 g/mol. The third kappa shape index (κ3) is 4.63. The first-order chi connectivity index (χ1) is 8.86. The number of nitrogens with zero attached hydrogens (tertiary/aromatic N) is 1. The molecule has 0 aliphatic rings. The van der Waals surface area contributed by atoms with Crippen molar-refractivity contribution in [1.29, 1.82) is 0 Å². The minimum Gasteiger partial charge on any atom is -0.465 e. The van der Waals surface area contributed by atoms with Gasteiger partial charge in [-0.3, -0.25) is 4.98 Å². The van der Waals surface area contributed by atoms with Crippen molar-refractivity contribution in [3.8, 4) is 0 Å². The monoisotopic (exact) mass is 264 g/mol. The molecule has 1 heterocycles. The zero-order valence-corrected chi connectivity index (χ0v) is 12.5. The van der Waals surface area contributed by atoms with Gasteiger partial charge in [-0.1, -0.05) is 27.7 Å². The lowest BCUT2D eigenvalue weighted by Crippen LogP contribution is -2.30. The molecule has 0 spiro atoms. The van der Waals surface area contributed by atoms with Crippen LogP contribution in [0.5, 0.6) is 0 Å². The zero-order chi connectivity index (χ0) is 14.5. The van der Waals surface area contributed by atoms with Crippen LogP contribution in [0, 0.1) is 11.3 Å². The topological polar surface area (TPSA) is 51.2 Å². The number of methoxy groups -OCH3 is 1. The number of hydrogen-bond donors (Lipinski definition) is 1. The van der Waals surface area contributed by atoms with E-state index in [-0.39, 0.29) is 11.4 Å². The third-order valence-electron chi connectivity index (χ3n) is 3.52. The van der Waals surface area contributed by atoms with Crippen molar-refractivity contribution in [2.24, 2.45) is 11.3 Å². The quantitative estimate of drug-likeness (QED) is 0.831. The summed E-state index contributed by atoms with van der Waals surface area (Å²) in [7, 11) is 1.38. The number of aromatic nitrogens is 1. The van der Waals surface area contributed by atoms with Crippen LogP contribution in [0.1, 0.15) is 43.7 Å². The van der Waals surface area contributed by atoms with E-state index < -0.39 is 0 Å². The SMILES string of the molecule is COC(=O)c1cccnc1CNCC(C)C(C)(C)C. The fraction of sp³-hybridized carbons (Fsp3) is 0.600. The van der Waals surface area contributed by atoms with Crippen molar-refractivity contribution in [2.75, 3.05) is 13.7 Å². The molecule has 1 rings (SSSR count). The van der Waals surface area contributed by atoms with Gasteiger partial charge in [0, 0.05) is 12.7 Å². The molecule has 0 aromatic carbocycles. The number of carbonyl (C=O) groups excluding carboxylic acids is 1. The van der Waals surface area contributed by atoms with Gasteiger partial charge in [0.15, 0.2) is 0 Å². The number of carbonyl (C=O) groups is 1. The van der Waals surface area contributed by atoms with E-state index in [1.165, 1.54) is 7.11 Å². The first-order valence-electron chi connectivity index (χ1n) is 6.59. The first-order valence-corrected chi connectivity index (χ1v) is 6.59. The highest BCUT2D eigenvalue weighted by Crippen LogP contribution is 2.24. The molecule has 19 heavy (non-hydrogen) atoms. The van der Waals surface area contributed by atoms with Crippen molar-refractivity contribution in [3.05, 3.63) is 29.6 Å².